The zero-order chi connectivity index (χ0) is 15.0. The predicted molar refractivity (Wildman–Crippen MR) is 80.9 cm³/mol. The number of hydrogen-bond donors (Lipinski definition) is 2. The van der Waals surface area contributed by atoms with E-state index in [1.165, 1.54) is 0 Å². The highest BCUT2D eigenvalue weighted by molar-refractivity contribution is 9.10. The molecule has 20 heavy (non-hydrogen) atoms. The SMILES string of the molecule is COCCOCC(O)COc1cc(Br)ccc1C(C)N. The number of halogens is 1. The Balaban J connectivity index is 2.46. The molecule has 0 saturated heterocycles. The van der Waals surface area contributed by atoms with Crippen LogP contribution < -0.4 is 10.5 Å². The van der Waals surface area contributed by atoms with E-state index >= 15 is 0 Å². The fraction of sp³-hybridized carbons (Fsp3) is 0.571. The summed E-state index contributed by atoms with van der Waals surface area (Å²) in [6.07, 6.45) is -0.688. The third-order valence-electron chi connectivity index (χ3n) is 2.64. The van der Waals surface area contributed by atoms with E-state index < -0.39 is 6.10 Å². The summed E-state index contributed by atoms with van der Waals surface area (Å²) in [7, 11) is 1.60. The standard InChI is InChI=1S/C14H22BrNO4/c1-10(16)13-4-3-11(15)7-14(13)20-9-12(17)8-19-6-5-18-2/h3-4,7,10,12,17H,5-6,8-9,16H2,1-2H3. The van der Waals surface area contributed by atoms with Gasteiger partial charge in [0.05, 0.1) is 19.8 Å². The van der Waals surface area contributed by atoms with Crippen LogP contribution in [0.15, 0.2) is 22.7 Å². The maximum atomic E-state index is 9.77. The molecule has 1 rings (SSSR count). The Bertz CT molecular complexity index is 401. The second-order valence-electron chi connectivity index (χ2n) is 4.50. The Morgan fingerprint density at radius 2 is 2.05 bits per heavy atom. The molecular weight excluding hydrogens is 326 g/mol. The number of aliphatic hydroxyl groups excluding tert-OH is 1. The molecule has 6 heteroatoms. The first-order chi connectivity index (χ1) is 9.54. The second kappa shape index (κ2) is 9.31. The molecule has 2 atom stereocenters. The fourth-order valence-electron chi connectivity index (χ4n) is 1.61. The number of hydrogen-bond acceptors (Lipinski definition) is 5. The molecule has 0 heterocycles. The summed E-state index contributed by atoms with van der Waals surface area (Å²) in [6, 6.07) is 5.53. The molecule has 1 aromatic rings. The first kappa shape index (κ1) is 17.4. The van der Waals surface area contributed by atoms with Crippen molar-refractivity contribution in [2.75, 3.05) is 33.5 Å². The van der Waals surface area contributed by atoms with Gasteiger partial charge in [-0.25, -0.2) is 0 Å². The lowest BCUT2D eigenvalue weighted by atomic mass is 10.1. The van der Waals surface area contributed by atoms with Gasteiger partial charge in [-0.05, 0) is 19.1 Å². The molecule has 2 unspecified atom stereocenters. The smallest absolute Gasteiger partial charge is 0.125 e. The molecule has 0 saturated carbocycles. The third kappa shape index (κ3) is 6.19. The van der Waals surface area contributed by atoms with Crippen LogP contribution in [-0.2, 0) is 9.47 Å². The molecule has 5 nitrogen and oxygen atoms in total. The maximum Gasteiger partial charge on any atom is 0.125 e. The quantitative estimate of drug-likeness (QED) is 0.667. The van der Waals surface area contributed by atoms with Gasteiger partial charge in [0.25, 0.3) is 0 Å². The monoisotopic (exact) mass is 347 g/mol. The number of aliphatic hydroxyl groups is 1. The molecular formula is C14H22BrNO4. The highest BCUT2D eigenvalue weighted by Gasteiger charge is 2.11. The van der Waals surface area contributed by atoms with E-state index in [0.29, 0.717) is 19.0 Å². The molecule has 0 aromatic heterocycles. The van der Waals surface area contributed by atoms with Gasteiger partial charge in [-0.1, -0.05) is 22.0 Å². The summed E-state index contributed by atoms with van der Waals surface area (Å²) in [5.41, 5.74) is 6.79. The molecule has 0 fully saturated rings. The summed E-state index contributed by atoms with van der Waals surface area (Å²) in [4.78, 5) is 0. The van der Waals surface area contributed by atoms with Crippen LogP contribution in [0.3, 0.4) is 0 Å². The van der Waals surface area contributed by atoms with Crippen molar-refractivity contribution in [3.63, 3.8) is 0 Å². The highest BCUT2D eigenvalue weighted by atomic mass is 79.9. The first-order valence-electron chi connectivity index (χ1n) is 6.47. The largest absolute Gasteiger partial charge is 0.490 e. The van der Waals surface area contributed by atoms with Crippen LogP contribution in [0, 0.1) is 0 Å². The Morgan fingerprint density at radius 3 is 2.70 bits per heavy atom. The Morgan fingerprint density at radius 1 is 1.30 bits per heavy atom. The van der Waals surface area contributed by atoms with Crippen molar-refractivity contribution in [2.45, 2.75) is 19.1 Å². The molecule has 0 radical (unpaired) electrons. The molecule has 0 bridgehead atoms. The molecule has 0 aliphatic heterocycles. The van der Waals surface area contributed by atoms with E-state index in [9.17, 15) is 5.11 Å². The summed E-state index contributed by atoms with van der Waals surface area (Å²) in [5.74, 6) is 0.672. The molecule has 1 aromatic carbocycles. The highest BCUT2D eigenvalue weighted by Crippen LogP contribution is 2.27. The van der Waals surface area contributed by atoms with Gasteiger partial charge in [-0.15, -0.1) is 0 Å². The number of nitrogens with two attached hydrogens (primary N) is 1. The van der Waals surface area contributed by atoms with Crippen LogP contribution in [0.2, 0.25) is 0 Å². The summed E-state index contributed by atoms with van der Waals surface area (Å²) < 4.78 is 16.6. The summed E-state index contributed by atoms with van der Waals surface area (Å²) in [6.45, 7) is 3.22. The van der Waals surface area contributed by atoms with Crippen LogP contribution in [0.4, 0.5) is 0 Å². The summed E-state index contributed by atoms with van der Waals surface area (Å²) in [5, 5.41) is 9.77. The number of ether oxygens (including phenoxy) is 3. The Kier molecular flexibility index (Phi) is 8.09. The molecule has 0 spiro atoms. The van der Waals surface area contributed by atoms with Crippen molar-refractivity contribution in [2.24, 2.45) is 5.73 Å². The molecule has 0 amide bonds. The van der Waals surface area contributed by atoms with Gasteiger partial charge < -0.3 is 25.1 Å². The lowest BCUT2D eigenvalue weighted by Crippen LogP contribution is -2.25. The minimum absolute atomic E-state index is 0.131. The van der Waals surface area contributed by atoms with Crippen LogP contribution in [0.25, 0.3) is 0 Å². The normalized spacial score (nSPS) is 14.1. The van der Waals surface area contributed by atoms with Gasteiger partial charge in [-0.3, -0.25) is 0 Å². The predicted octanol–water partition coefficient (Wildman–Crippen LogP) is 1.87. The van der Waals surface area contributed by atoms with E-state index in [1.807, 2.05) is 25.1 Å². The first-order valence-corrected chi connectivity index (χ1v) is 7.26. The molecule has 3 N–H and O–H groups in total. The van der Waals surface area contributed by atoms with Crippen LogP contribution in [-0.4, -0.2) is 44.7 Å². The maximum absolute atomic E-state index is 9.77. The van der Waals surface area contributed by atoms with Crippen molar-refractivity contribution < 1.29 is 19.3 Å². The number of rotatable bonds is 9. The summed E-state index contributed by atoms with van der Waals surface area (Å²) >= 11 is 3.39. The van der Waals surface area contributed by atoms with Gasteiger partial charge >= 0.3 is 0 Å². The van der Waals surface area contributed by atoms with Crippen molar-refractivity contribution in [1.82, 2.24) is 0 Å². The Hall–Kier alpha value is -0.660. The van der Waals surface area contributed by atoms with Gasteiger partial charge in [0.1, 0.15) is 18.5 Å². The minimum atomic E-state index is -0.688. The number of methoxy groups -OCH3 is 1. The van der Waals surface area contributed by atoms with Crippen LogP contribution in [0.5, 0.6) is 5.75 Å². The van der Waals surface area contributed by atoms with E-state index in [0.717, 1.165) is 10.0 Å². The van der Waals surface area contributed by atoms with Gasteiger partial charge in [0.15, 0.2) is 0 Å². The van der Waals surface area contributed by atoms with Gasteiger partial charge in [0, 0.05) is 23.2 Å². The molecule has 0 aliphatic carbocycles. The molecule has 114 valence electrons. The number of benzene rings is 1. The van der Waals surface area contributed by atoms with Gasteiger partial charge in [-0.2, -0.15) is 0 Å². The second-order valence-corrected chi connectivity index (χ2v) is 5.42. The van der Waals surface area contributed by atoms with E-state index in [1.54, 1.807) is 7.11 Å². The average Bonchev–Trinajstić information content (AvgIpc) is 2.41. The van der Waals surface area contributed by atoms with Crippen molar-refractivity contribution in [3.8, 4) is 5.75 Å². The van der Waals surface area contributed by atoms with Crippen LogP contribution >= 0.6 is 15.9 Å². The van der Waals surface area contributed by atoms with E-state index in [-0.39, 0.29) is 19.3 Å². The zero-order valence-corrected chi connectivity index (χ0v) is 13.4. The van der Waals surface area contributed by atoms with Crippen molar-refractivity contribution >= 4 is 15.9 Å². The van der Waals surface area contributed by atoms with Crippen LogP contribution in [0.1, 0.15) is 18.5 Å². The van der Waals surface area contributed by atoms with Crippen molar-refractivity contribution in [3.05, 3.63) is 28.2 Å². The minimum Gasteiger partial charge on any atom is -0.490 e. The third-order valence-corrected chi connectivity index (χ3v) is 3.13. The lowest BCUT2D eigenvalue weighted by molar-refractivity contribution is -0.00436. The van der Waals surface area contributed by atoms with E-state index in [2.05, 4.69) is 15.9 Å². The molecule has 0 aliphatic rings. The van der Waals surface area contributed by atoms with E-state index in [4.69, 9.17) is 19.9 Å². The lowest BCUT2D eigenvalue weighted by Gasteiger charge is -2.17. The fourth-order valence-corrected chi connectivity index (χ4v) is 1.95. The van der Waals surface area contributed by atoms with Crippen molar-refractivity contribution in [1.29, 1.82) is 0 Å². The average molecular weight is 348 g/mol. The van der Waals surface area contributed by atoms with Gasteiger partial charge in [0.2, 0.25) is 0 Å². The topological polar surface area (TPSA) is 73.9 Å². The zero-order valence-electron chi connectivity index (χ0n) is 11.8. The Labute approximate surface area is 128 Å².